The summed E-state index contributed by atoms with van der Waals surface area (Å²) in [6, 6.07) is 7.08. The molecule has 0 amide bonds. The summed E-state index contributed by atoms with van der Waals surface area (Å²) < 4.78 is 9.90. The molecular formula is C20H23ClN6O3. The van der Waals surface area contributed by atoms with Crippen molar-refractivity contribution >= 4 is 34.4 Å². The molecule has 1 aromatic carbocycles. The smallest absolute Gasteiger partial charge is 0.332 e. The Bertz CT molecular complexity index is 1240. The lowest BCUT2D eigenvalue weighted by atomic mass is 10.2. The highest BCUT2D eigenvalue weighted by molar-refractivity contribution is 6.30. The zero-order valence-corrected chi connectivity index (χ0v) is 17.9. The molecule has 0 fully saturated rings. The second-order valence-electron chi connectivity index (χ2n) is 7.18. The van der Waals surface area contributed by atoms with E-state index in [1.165, 1.54) is 9.13 Å². The van der Waals surface area contributed by atoms with Crippen LogP contribution in [-0.2, 0) is 24.9 Å². The van der Waals surface area contributed by atoms with Gasteiger partial charge in [0, 0.05) is 18.7 Å². The first-order valence-electron chi connectivity index (χ1n) is 9.74. The number of halogens is 1. The van der Waals surface area contributed by atoms with Crippen LogP contribution in [0.1, 0.15) is 19.4 Å². The average Bonchev–Trinajstić information content (AvgIpc) is 3.11. The zero-order valence-electron chi connectivity index (χ0n) is 17.1. The number of hydrazone groups is 1. The van der Waals surface area contributed by atoms with Gasteiger partial charge in [-0.05, 0) is 31.5 Å². The number of imidazole rings is 1. The van der Waals surface area contributed by atoms with Gasteiger partial charge in [0.05, 0.1) is 32.0 Å². The maximum Gasteiger partial charge on any atom is 0.332 e. The third kappa shape index (κ3) is 3.54. The van der Waals surface area contributed by atoms with Gasteiger partial charge in [-0.1, -0.05) is 23.7 Å². The Labute approximate surface area is 177 Å². The Balaban J connectivity index is 1.84. The number of aryl methyl sites for hydroxylation is 1. The predicted octanol–water partition coefficient (Wildman–Crippen LogP) is 1.83. The Kier molecular flexibility index (Phi) is 5.48. The molecule has 1 aliphatic rings. The normalized spacial score (nSPS) is 13.6. The maximum atomic E-state index is 13.4. The third-order valence-electron chi connectivity index (χ3n) is 5.03. The fourth-order valence-electron chi connectivity index (χ4n) is 3.58. The lowest BCUT2D eigenvalue weighted by Gasteiger charge is -2.24. The maximum absolute atomic E-state index is 13.4. The van der Waals surface area contributed by atoms with E-state index in [1.807, 2.05) is 18.4 Å². The highest BCUT2D eigenvalue weighted by Gasteiger charge is 2.26. The third-order valence-corrected chi connectivity index (χ3v) is 5.28. The topological polar surface area (TPSA) is 86.7 Å². The van der Waals surface area contributed by atoms with Crippen LogP contribution < -0.4 is 16.3 Å². The fourth-order valence-corrected chi connectivity index (χ4v) is 3.70. The lowest BCUT2D eigenvalue weighted by Crippen LogP contribution is -2.40. The predicted molar refractivity (Wildman–Crippen MR) is 117 cm³/mol. The van der Waals surface area contributed by atoms with Crippen LogP contribution in [0.4, 0.5) is 5.95 Å². The van der Waals surface area contributed by atoms with Crippen LogP contribution in [0.3, 0.4) is 0 Å². The Morgan fingerprint density at radius 3 is 2.63 bits per heavy atom. The molecule has 0 bridgehead atoms. The van der Waals surface area contributed by atoms with E-state index < -0.39 is 5.69 Å². The van der Waals surface area contributed by atoms with Crippen molar-refractivity contribution in [2.75, 3.05) is 24.8 Å². The Hall–Kier alpha value is -2.91. The molecule has 0 saturated carbocycles. The highest BCUT2D eigenvalue weighted by Crippen LogP contribution is 2.23. The van der Waals surface area contributed by atoms with Gasteiger partial charge in [-0.2, -0.15) is 10.1 Å². The summed E-state index contributed by atoms with van der Waals surface area (Å²) in [5.74, 6) is 0.534. The van der Waals surface area contributed by atoms with Gasteiger partial charge >= 0.3 is 5.69 Å². The van der Waals surface area contributed by atoms with Crippen molar-refractivity contribution < 1.29 is 4.74 Å². The molecule has 0 spiro atoms. The van der Waals surface area contributed by atoms with Crippen LogP contribution >= 0.6 is 11.6 Å². The van der Waals surface area contributed by atoms with Crippen LogP contribution in [0, 0.1) is 0 Å². The number of anilines is 1. The molecule has 9 nitrogen and oxygen atoms in total. The number of hydrogen-bond donors (Lipinski definition) is 0. The molecule has 2 aromatic heterocycles. The van der Waals surface area contributed by atoms with E-state index >= 15 is 0 Å². The van der Waals surface area contributed by atoms with Crippen molar-refractivity contribution in [2.45, 2.75) is 26.9 Å². The van der Waals surface area contributed by atoms with Crippen molar-refractivity contribution in [3.63, 3.8) is 0 Å². The van der Waals surface area contributed by atoms with Crippen molar-refractivity contribution in [1.29, 1.82) is 0 Å². The van der Waals surface area contributed by atoms with Crippen LogP contribution in [0.5, 0.6) is 0 Å². The van der Waals surface area contributed by atoms with Gasteiger partial charge in [0.25, 0.3) is 5.56 Å². The molecule has 0 aliphatic carbocycles. The number of hydrogen-bond acceptors (Lipinski definition) is 6. The number of aromatic nitrogens is 4. The minimum Gasteiger partial charge on any atom is -0.380 e. The monoisotopic (exact) mass is 430 g/mol. The van der Waals surface area contributed by atoms with Crippen LogP contribution in [0.15, 0.2) is 39.0 Å². The first-order valence-corrected chi connectivity index (χ1v) is 10.1. The van der Waals surface area contributed by atoms with Gasteiger partial charge in [-0.15, -0.1) is 0 Å². The lowest BCUT2D eigenvalue weighted by molar-refractivity contribution is 0.153. The molecule has 0 N–H and O–H groups in total. The van der Waals surface area contributed by atoms with Gasteiger partial charge in [0.1, 0.15) is 0 Å². The van der Waals surface area contributed by atoms with E-state index in [-0.39, 0.29) is 12.1 Å². The molecular weight excluding hydrogens is 408 g/mol. The van der Waals surface area contributed by atoms with E-state index in [4.69, 9.17) is 16.3 Å². The molecule has 0 unspecified atom stereocenters. The number of ether oxygens (including phenoxy) is 1. The quantitative estimate of drug-likeness (QED) is 0.557. The van der Waals surface area contributed by atoms with Crippen molar-refractivity contribution in [2.24, 2.45) is 12.1 Å². The van der Waals surface area contributed by atoms with Gasteiger partial charge in [-0.25, -0.2) is 9.80 Å². The van der Waals surface area contributed by atoms with Crippen LogP contribution in [-0.4, -0.2) is 44.2 Å². The molecule has 3 heterocycles. The molecule has 0 saturated heterocycles. The number of benzene rings is 1. The van der Waals surface area contributed by atoms with E-state index in [2.05, 4.69) is 10.1 Å². The van der Waals surface area contributed by atoms with Crippen molar-refractivity contribution in [3.05, 3.63) is 55.7 Å². The minimum atomic E-state index is -0.420. The Morgan fingerprint density at radius 1 is 1.20 bits per heavy atom. The molecule has 1 aliphatic heterocycles. The molecule has 3 aromatic rings. The minimum absolute atomic E-state index is 0.153. The first kappa shape index (κ1) is 20.4. The molecule has 10 heteroatoms. The standard InChI is InChI=1S/C20H23ClN6O3/c1-4-30-10-9-27-19-22-17-16(25(19)11-13(2)23-27)18(28)26(20(29)24(17)3)12-14-5-7-15(21)8-6-14/h5-8H,4,9-12H2,1-3H3. The summed E-state index contributed by atoms with van der Waals surface area (Å²) in [6.07, 6.45) is 0. The molecule has 4 rings (SSSR count). The van der Waals surface area contributed by atoms with Crippen LogP contribution in [0.2, 0.25) is 5.02 Å². The summed E-state index contributed by atoms with van der Waals surface area (Å²) in [5, 5.41) is 6.87. The second-order valence-corrected chi connectivity index (χ2v) is 7.62. The van der Waals surface area contributed by atoms with Crippen molar-refractivity contribution in [3.8, 4) is 0 Å². The Morgan fingerprint density at radius 2 is 1.93 bits per heavy atom. The number of fused-ring (bicyclic) bond motifs is 3. The molecule has 30 heavy (non-hydrogen) atoms. The summed E-state index contributed by atoms with van der Waals surface area (Å²) in [6.45, 7) is 6.01. The summed E-state index contributed by atoms with van der Waals surface area (Å²) >= 11 is 5.95. The summed E-state index contributed by atoms with van der Waals surface area (Å²) in [7, 11) is 1.62. The number of nitrogens with zero attached hydrogens (tertiary/aromatic N) is 6. The first-order chi connectivity index (χ1) is 14.4. The number of rotatable bonds is 6. The second kappa shape index (κ2) is 8.08. The van der Waals surface area contributed by atoms with E-state index in [0.29, 0.717) is 48.4 Å². The summed E-state index contributed by atoms with van der Waals surface area (Å²) in [5.41, 5.74) is 1.59. The molecule has 0 atom stereocenters. The van der Waals surface area contributed by atoms with Gasteiger partial charge in [-0.3, -0.25) is 18.5 Å². The van der Waals surface area contributed by atoms with E-state index in [9.17, 15) is 9.59 Å². The zero-order chi connectivity index (χ0) is 21.4. The molecule has 0 radical (unpaired) electrons. The SMILES string of the molecule is CCOCCN1N=C(C)Cn2c1nc1c2c(=O)n(Cc2ccc(Cl)cc2)c(=O)n1C. The fraction of sp³-hybridized carbons (Fsp3) is 0.400. The van der Waals surface area contributed by atoms with E-state index in [0.717, 1.165) is 11.3 Å². The summed E-state index contributed by atoms with van der Waals surface area (Å²) in [4.78, 5) is 30.9. The highest BCUT2D eigenvalue weighted by atomic mass is 35.5. The van der Waals surface area contributed by atoms with Gasteiger partial charge < -0.3 is 4.74 Å². The van der Waals surface area contributed by atoms with E-state index in [1.54, 1.807) is 36.3 Å². The van der Waals surface area contributed by atoms with Crippen molar-refractivity contribution in [1.82, 2.24) is 18.7 Å². The van der Waals surface area contributed by atoms with Gasteiger partial charge in [0.15, 0.2) is 11.2 Å². The average molecular weight is 431 g/mol. The van der Waals surface area contributed by atoms with Crippen LogP contribution in [0.25, 0.3) is 11.2 Å². The van der Waals surface area contributed by atoms with Gasteiger partial charge in [0.2, 0.25) is 5.95 Å². The molecule has 158 valence electrons. The largest absolute Gasteiger partial charge is 0.380 e.